The second-order valence-electron chi connectivity index (χ2n) is 23.7. The lowest BCUT2D eigenvalue weighted by molar-refractivity contribution is 0.444. The van der Waals surface area contributed by atoms with E-state index in [9.17, 15) is 0 Å². The maximum atomic E-state index is 2.52. The third-order valence-electron chi connectivity index (χ3n) is 17.2. The van der Waals surface area contributed by atoms with Gasteiger partial charge in [-0.2, -0.15) is 0 Å². The highest BCUT2D eigenvalue weighted by molar-refractivity contribution is 7.25. The van der Waals surface area contributed by atoms with E-state index in [1.807, 2.05) is 11.3 Å². The fourth-order valence-electron chi connectivity index (χ4n) is 13.3. The van der Waals surface area contributed by atoms with E-state index in [-0.39, 0.29) is 0 Å². The molecule has 1 aromatic heterocycles. The van der Waals surface area contributed by atoms with Crippen molar-refractivity contribution in [2.24, 2.45) is 0 Å². The van der Waals surface area contributed by atoms with Crippen LogP contribution in [0.4, 0.5) is 0 Å². The summed E-state index contributed by atoms with van der Waals surface area (Å²) < 4.78 is 2.67. The van der Waals surface area contributed by atoms with Crippen molar-refractivity contribution in [3.8, 4) is 77.9 Å². The summed E-state index contributed by atoms with van der Waals surface area (Å²) in [6.07, 6.45) is 6.45. The first kappa shape index (κ1) is 49.2. The Hall–Kier alpha value is -8.14. The van der Waals surface area contributed by atoms with Gasteiger partial charge in [0, 0.05) is 20.2 Å². The molecule has 12 aromatic carbocycles. The monoisotopic (exact) mass is 1050 g/mol. The van der Waals surface area contributed by atoms with Gasteiger partial charge in [-0.25, -0.2) is 0 Å². The maximum absolute atomic E-state index is 2.52. The molecule has 1 heterocycles. The second-order valence-corrected chi connectivity index (χ2v) is 29.8. The molecule has 0 amide bonds. The maximum Gasteiger partial charge on any atom is 0.0784 e. The Morgan fingerprint density at radius 1 is 0.304 bits per heavy atom. The van der Waals surface area contributed by atoms with E-state index < -0.39 is 8.07 Å². The van der Waals surface area contributed by atoms with Gasteiger partial charge in [0.15, 0.2) is 0 Å². The van der Waals surface area contributed by atoms with Crippen LogP contribution in [0.1, 0.15) is 54.7 Å². The molecule has 0 nitrogen and oxygen atoms in total. The summed E-state index contributed by atoms with van der Waals surface area (Å²) in [4.78, 5) is 0. The zero-order chi connectivity index (χ0) is 53.4. The molecule has 13 aromatic rings. The van der Waals surface area contributed by atoms with Crippen molar-refractivity contribution in [3.05, 3.63) is 247 Å². The van der Waals surface area contributed by atoms with E-state index in [2.05, 4.69) is 264 Å². The lowest BCUT2D eigenvalue weighted by atomic mass is 9.81. The van der Waals surface area contributed by atoms with Crippen LogP contribution < -0.4 is 5.19 Å². The van der Waals surface area contributed by atoms with Crippen LogP contribution in [0.25, 0.3) is 130 Å². The van der Waals surface area contributed by atoms with Gasteiger partial charge in [0.25, 0.3) is 0 Å². The van der Waals surface area contributed by atoms with E-state index in [0.29, 0.717) is 5.92 Å². The molecule has 1 aliphatic carbocycles. The van der Waals surface area contributed by atoms with Crippen LogP contribution >= 0.6 is 11.3 Å². The first-order chi connectivity index (χ1) is 38.5. The van der Waals surface area contributed by atoms with Crippen LogP contribution in [0, 0.1) is 13.8 Å². The number of benzene rings is 12. The van der Waals surface area contributed by atoms with Crippen molar-refractivity contribution >= 4 is 77.1 Å². The largest absolute Gasteiger partial charge is 0.135 e. The van der Waals surface area contributed by atoms with E-state index in [4.69, 9.17) is 0 Å². The molecule has 0 saturated heterocycles. The molecule has 0 bridgehead atoms. The summed E-state index contributed by atoms with van der Waals surface area (Å²) in [7, 11) is -1.75. The first-order valence-corrected chi connectivity index (χ1v) is 32.9. The highest BCUT2D eigenvalue weighted by Gasteiger charge is 2.23. The number of thiophene rings is 1. The minimum Gasteiger partial charge on any atom is -0.135 e. The summed E-state index contributed by atoms with van der Waals surface area (Å²) in [5.74, 6) is 0.573. The van der Waals surface area contributed by atoms with Crippen molar-refractivity contribution in [2.45, 2.75) is 71.5 Å². The van der Waals surface area contributed by atoms with Crippen LogP contribution in [-0.2, 0) is 0 Å². The van der Waals surface area contributed by atoms with Crippen LogP contribution in [0.15, 0.2) is 231 Å². The SMILES string of the molecule is Cc1cc(C)cc(-c2ccc3c(c2)sc2ccc(-c4ccc([Si](C)(C)C)c(-c5cccc(-c6cccc(-c7cc(-c8cccc(-c9ccc%10c%11ccccc%11c%11ccccc%11c%10c9)c8)cc(C8CCCCC8)c7)c6)c5)c4)cc23)c1. The molecule has 0 atom stereocenters. The van der Waals surface area contributed by atoms with Crippen LogP contribution in [0.2, 0.25) is 19.6 Å². The van der Waals surface area contributed by atoms with Gasteiger partial charge in [-0.15, -0.1) is 11.3 Å². The molecular weight excluding hydrogens is 985 g/mol. The molecule has 1 aliphatic rings. The molecule has 0 spiro atoms. The van der Waals surface area contributed by atoms with Crippen molar-refractivity contribution in [1.82, 2.24) is 0 Å². The predicted octanol–water partition coefficient (Wildman–Crippen LogP) is 22.4. The minimum absolute atomic E-state index is 0.573. The van der Waals surface area contributed by atoms with Crippen molar-refractivity contribution in [2.75, 3.05) is 0 Å². The number of aryl methyl sites for hydroxylation is 2. The molecule has 0 unspecified atom stereocenters. The van der Waals surface area contributed by atoms with Gasteiger partial charge in [-0.3, -0.25) is 0 Å². The van der Waals surface area contributed by atoms with Gasteiger partial charge in [0.1, 0.15) is 0 Å². The molecule has 0 N–H and O–H groups in total. The van der Waals surface area contributed by atoms with Gasteiger partial charge in [-0.1, -0.05) is 231 Å². The van der Waals surface area contributed by atoms with E-state index in [0.717, 1.165) is 0 Å². The Kier molecular flexibility index (Phi) is 12.4. The number of rotatable bonds is 9. The van der Waals surface area contributed by atoms with Gasteiger partial charge >= 0.3 is 0 Å². The van der Waals surface area contributed by atoms with Crippen molar-refractivity contribution < 1.29 is 0 Å². The quantitative estimate of drug-likeness (QED) is 0.0998. The molecule has 2 heteroatoms. The molecular formula is C77H64SSi. The minimum atomic E-state index is -1.75. The Bertz CT molecular complexity index is 4480. The highest BCUT2D eigenvalue weighted by atomic mass is 32.1. The average Bonchev–Trinajstić information content (AvgIpc) is 3.89. The fraction of sp³-hybridized carbons (Fsp3) is 0.143. The van der Waals surface area contributed by atoms with E-state index in [1.54, 1.807) is 0 Å². The Morgan fingerprint density at radius 3 is 1.33 bits per heavy atom. The molecule has 79 heavy (non-hydrogen) atoms. The third-order valence-corrected chi connectivity index (χ3v) is 20.4. The fourth-order valence-corrected chi connectivity index (χ4v) is 16.0. The highest BCUT2D eigenvalue weighted by Crippen LogP contribution is 2.43. The molecule has 1 fully saturated rings. The number of hydrogen-bond acceptors (Lipinski definition) is 1. The zero-order valence-corrected chi connectivity index (χ0v) is 47.8. The molecule has 382 valence electrons. The molecule has 14 rings (SSSR count). The summed E-state index contributed by atoms with van der Waals surface area (Å²) in [5, 5.41) is 12.0. The van der Waals surface area contributed by atoms with Crippen LogP contribution in [-0.4, -0.2) is 8.07 Å². The molecule has 1 saturated carbocycles. The van der Waals surface area contributed by atoms with Crippen molar-refractivity contribution in [3.63, 3.8) is 0 Å². The summed E-state index contributed by atoms with van der Waals surface area (Å²) in [5.41, 5.74) is 21.9. The lowest BCUT2D eigenvalue weighted by Crippen LogP contribution is -2.38. The Morgan fingerprint density at radius 2 is 0.734 bits per heavy atom. The Labute approximate surface area is 470 Å². The van der Waals surface area contributed by atoms with Gasteiger partial charge in [0.2, 0.25) is 0 Å². The molecule has 0 radical (unpaired) electrons. The summed E-state index contributed by atoms with van der Waals surface area (Å²) in [6.45, 7) is 11.8. The van der Waals surface area contributed by atoms with Gasteiger partial charge in [0.05, 0.1) is 8.07 Å². The van der Waals surface area contributed by atoms with Crippen LogP contribution in [0.3, 0.4) is 0 Å². The van der Waals surface area contributed by atoms with E-state index >= 15 is 0 Å². The smallest absolute Gasteiger partial charge is 0.0784 e. The summed E-state index contributed by atoms with van der Waals surface area (Å²) >= 11 is 1.90. The first-order valence-electron chi connectivity index (χ1n) is 28.5. The van der Waals surface area contributed by atoms with Gasteiger partial charge < -0.3 is 0 Å². The normalized spacial score (nSPS) is 13.3. The van der Waals surface area contributed by atoms with Gasteiger partial charge in [-0.05, 0) is 203 Å². The van der Waals surface area contributed by atoms with Crippen molar-refractivity contribution in [1.29, 1.82) is 0 Å². The third kappa shape index (κ3) is 9.31. The lowest BCUT2D eigenvalue weighted by Gasteiger charge is -2.24. The zero-order valence-electron chi connectivity index (χ0n) is 46.0. The standard InChI is InChI=1S/C77H64SSi/c1-49-36-50(2)38-62(37-49)60-29-33-71-74-47-58(30-34-75(74)78-76(71)48-60)59-31-35-77(79(3,4)5)72(45-59)61-23-15-20-54(41-61)52-18-13-21-55(39-52)64-42-63(51-16-7-6-8-17-51)43-65(44-64)56-22-14-19-53(40-56)57-28-32-70-68-26-10-9-24-66(68)67-25-11-12-27-69(67)73(70)46-57/h9-15,18-48,51H,6-8,16-17H2,1-5H3. The predicted molar refractivity (Wildman–Crippen MR) is 348 cm³/mol. The van der Waals surface area contributed by atoms with Crippen LogP contribution in [0.5, 0.6) is 0 Å². The second kappa shape index (κ2) is 19.9. The Balaban J connectivity index is 0.812. The molecule has 0 aliphatic heterocycles. The summed E-state index contributed by atoms with van der Waals surface area (Å²) in [6, 6.07) is 88.5. The topological polar surface area (TPSA) is 0 Å². The van der Waals surface area contributed by atoms with E-state index in [1.165, 1.54) is 184 Å². The number of fused-ring (bicyclic) bond motifs is 9. The average molecular weight is 1050 g/mol. The number of hydrogen-bond donors (Lipinski definition) is 0.